The van der Waals surface area contributed by atoms with Gasteiger partial charge in [0.15, 0.2) is 0 Å². The van der Waals surface area contributed by atoms with Crippen LogP contribution in [0.4, 0.5) is 0 Å². The second kappa shape index (κ2) is 8.82. The summed E-state index contributed by atoms with van der Waals surface area (Å²) in [6.45, 7) is 4.36. The van der Waals surface area contributed by atoms with Crippen molar-refractivity contribution in [1.82, 2.24) is 0 Å². The van der Waals surface area contributed by atoms with Crippen LogP contribution in [0.3, 0.4) is 0 Å². The average Bonchev–Trinajstić information content (AvgIpc) is 1.37. The molecule has 0 nitrogen and oxygen atoms in total. The molecule has 0 aromatic carbocycles. The summed E-state index contributed by atoms with van der Waals surface area (Å²) in [5.74, 6) is 0. The summed E-state index contributed by atoms with van der Waals surface area (Å²) in [6, 6.07) is 0. The van der Waals surface area contributed by atoms with E-state index in [4.69, 9.17) is 0 Å². The van der Waals surface area contributed by atoms with Gasteiger partial charge >= 0.3 is 0 Å². The van der Waals surface area contributed by atoms with Crippen LogP contribution in [0, 0.1) is 0 Å². The Morgan fingerprint density at radius 3 is 1.20 bits per heavy atom. The predicted octanol–water partition coefficient (Wildman–Crippen LogP) is 1.80. The molecule has 0 unspecified atom stereocenters. The van der Waals surface area contributed by atoms with E-state index < -0.39 is 0 Å². The molecule has 0 N–H and O–H groups in total. The molecule has 0 saturated carbocycles. The first-order valence-electron chi connectivity index (χ1n) is 1.91. The van der Waals surface area contributed by atoms with Crippen molar-refractivity contribution in [2.24, 2.45) is 0 Å². The van der Waals surface area contributed by atoms with Crippen molar-refractivity contribution in [2.45, 2.75) is 26.7 Å². The quantitative estimate of drug-likeness (QED) is 0.481. The summed E-state index contributed by atoms with van der Waals surface area (Å²) < 4.78 is 0. The Morgan fingerprint density at radius 1 is 1.00 bits per heavy atom. The van der Waals surface area contributed by atoms with Crippen LogP contribution in [0.1, 0.15) is 26.7 Å². The van der Waals surface area contributed by atoms with Gasteiger partial charge in [0.2, 0.25) is 0 Å². The van der Waals surface area contributed by atoms with Crippen LogP contribution < -0.4 is 0 Å². The van der Waals surface area contributed by atoms with Gasteiger partial charge < -0.3 is 0 Å². The maximum Gasteiger partial charge on any atom is 0 e. The van der Waals surface area contributed by atoms with Crippen LogP contribution in [0.25, 0.3) is 0 Å². The van der Waals surface area contributed by atoms with E-state index in [-0.39, 0.29) is 18.6 Å². The summed E-state index contributed by atoms with van der Waals surface area (Å²) in [5, 5.41) is 0. The molecule has 31 valence electrons. The van der Waals surface area contributed by atoms with Crippen molar-refractivity contribution >= 4 is 0 Å². The Bertz CT molecular complexity index is 5.61. The first-order valence-corrected chi connectivity index (χ1v) is 1.91. The maximum absolute atomic E-state index is 2.18. The van der Waals surface area contributed by atoms with Gasteiger partial charge in [-0.2, -0.15) is 0 Å². The number of rotatable bonds is 1. The Kier molecular flexibility index (Phi) is 16.1. The zero-order chi connectivity index (χ0) is 3.41. The Hall–Kier alpha value is 0.584. The van der Waals surface area contributed by atoms with E-state index in [9.17, 15) is 0 Å². The predicted molar refractivity (Wildman–Crippen MR) is 20.6 cm³/mol. The third kappa shape index (κ3) is 12.2. The molecule has 0 atom stereocenters. The van der Waals surface area contributed by atoms with E-state index in [1.807, 2.05) is 0 Å². The normalized spacial score (nSPS) is 6.00. The van der Waals surface area contributed by atoms with Crippen LogP contribution >= 0.6 is 0 Å². The smallest absolute Gasteiger partial charge is 0 e. The molecule has 5 heavy (non-hydrogen) atoms. The molecular formula is C4H10V. The second-order valence-corrected chi connectivity index (χ2v) is 1.000. The largest absolute Gasteiger partial charge is 0.0654 e. The molecule has 0 aliphatic carbocycles. The minimum atomic E-state index is 0. The molecule has 0 saturated heterocycles. The fraction of sp³-hybridized carbons (Fsp3) is 1.00. The zero-order valence-electron chi connectivity index (χ0n) is 3.86. The van der Waals surface area contributed by atoms with E-state index in [0.29, 0.717) is 0 Å². The van der Waals surface area contributed by atoms with Gasteiger partial charge in [0, 0.05) is 18.6 Å². The van der Waals surface area contributed by atoms with E-state index >= 15 is 0 Å². The van der Waals surface area contributed by atoms with Gasteiger partial charge in [0.1, 0.15) is 0 Å². The van der Waals surface area contributed by atoms with Crippen LogP contribution in [0.5, 0.6) is 0 Å². The molecule has 0 bridgehead atoms. The van der Waals surface area contributed by atoms with E-state index in [2.05, 4.69) is 13.8 Å². The first kappa shape index (κ1) is 9.14. The molecule has 0 aliphatic heterocycles. The van der Waals surface area contributed by atoms with Gasteiger partial charge in [-0.05, 0) is 0 Å². The van der Waals surface area contributed by atoms with Gasteiger partial charge in [-0.25, -0.2) is 0 Å². The van der Waals surface area contributed by atoms with Gasteiger partial charge in [0.05, 0.1) is 0 Å². The minimum Gasteiger partial charge on any atom is -0.0654 e. The van der Waals surface area contributed by atoms with Crippen LogP contribution in [0.15, 0.2) is 0 Å². The molecule has 0 aromatic heterocycles. The Labute approximate surface area is 45.8 Å². The molecule has 0 spiro atoms. The Morgan fingerprint density at radius 2 is 1.20 bits per heavy atom. The standard InChI is InChI=1S/C4H10.V/c1-3-4-2;/h3-4H2,1-2H3;. The number of hydrogen-bond acceptors (Lipinski definition) is 0. The third-order valence-corrected chi connectivity index (χ3v) is 0.500. The van der Waals surface area contributed by atoms with E-state index in [1.165, 1.54) is 12.8 Å². The van der Waals surface area contributed by atoms with Crippen molar-refractivity contribution in [3.05, 3.63) is 0 Å². The van der Waals surface area contributed by atoms with E-state index in [1.54, 1.807) is 0 Å². The van der Waals surface area contributed by atoms with E-state index in [0.717, 1.165) is 0 Å². The molecule has 0 heterocycles. The molecule has 0 aromatic rings. The van der Waals surface area contributed by atoms with Crippen molar-refractivity contribution in [1.29, 1.82) is 0 Å². The second-order valence-electron chi connectivity index (χ2n) is 1.000. The molecular weight excluding hydrogens is 99.0 g/mol. The fourth-order valence-electron chi connectivity index (χ4n) is 0. The van der Waals surface area contributed by atoms with Crippen LogP contribution in [-0.2, 0) is 18.6 Å². The number of hydrogen-bond donors (Lipinski definition) is 0. The SMILES string of the molecule is CCCC.[V]. The van der Waals surface area contributed by atoms with Gasteiger partial charge in [0.25, 0.3) is 0 Å². The number of unbranched alkanes of at least 4 members (excludes halogenated alkanes) is 1. The van der Waals surface area contributed by atoms with Crippen LogP contribution in [-0.4, -0.2) is 0 Å². The zero-order valence-corrected chi connectivity index (χ0v) is 5.26. The summed E-state index contributed by atoms with van der Waals surface area (Å²) in [5.41, 5.74) is 0. The molecule has 0 aliphatic rings. The summed E-state index contributed by atoms with van der Waals surface area (Å²) in [4.78, 5) is 0. The minimum absolute atomic E-state index is 0. The average molecular weight is 109 g/mol. The van der Waals surface area contributed by atoms with Crippen molar-refractivity contribution < 1.29 is 18.6 Å². The Balaban J connectivity index is 0. The summed E-state index contributed by atoms with van der Waals surface area (Å²) >= 11 is 0. The van der Waals surface area contributed by atoms with Crippen molar-refractivity contribution in [2.75, 3.05) is 0 Å². The van der Waals surface area contributed by atoms with Gasteiger partial charge in [-0.15, -0.1) is 0 Å². The first-order chi connectivity index (χ1) is 1.91. The molecule has 0 amide bonds. The fourth-order valence-corrected chi connectivity index (χ4v) is 0. The molecule has 0 fully saturated rings. The molecule has 0 rings (SSSR count). The maximum atomic E-state index is 2.18. The molecule has 1 heteroatoms. The third-order valence-electron chi connectivity index (χ3n) is 0.500. The summed E-state index contributed by atoms with van der Waals surface area (Å²) in [6.07, 6.45) is 2.64. The topological polar surface area (TPSA) is 0 Å². The van der Waals surface area contributed by atoms with Gasteiger partial charge in [-0.1, -0.05) is 26.7 Å². The molecule has 1 radical (unpaired) electrons. The summed E-state index contributed by atoms with van der Waals surface area (Å²) in [7, 11) is 0. The van der Waals surface area contributed by atoms with Crippen molar-refractivity contribution in [3.63, 3.8) is 0 Å². The van der Waals surface area contributed by atoms with Crippen molar-refractivity contribution in [3.8, 4) is 0 Å². The van der Waals surface area contributed by atoms with Crippen LogP contribution in [0.2, 0.25) is 0 Å². The monoisotopic (exact) mass is 109 g/mol. The van der Waals surface area contributed by atoms with Gasteiger partial charge in [-0.3, -0.25) is 0 Å².